The van der Waals surface area contributed by atoms with E-state index in [-0.39, 0.29) is 11.8 Å². The summed E-state index contributed by atoms with van der Waals surface area (Å²) in [6.07, 6.45) is 0. The maximum Gasteiger partial charge on any atom is 0.151 e. The Morgan fingerprint density at radius 2 is 1.59 bits per heavy atom. The molecule has 17 heavy (non-hydrogen) atoms. The van der Waals surface area contributed by atoms with Gasteiger partial charge in [-0.15, -0.1) is 0 Å². The van der Waals surface area contributed by atoms with E-state index in [1.54, 1.807) is 6.92 Å². The first-order valence-corrected chi connectivity index (χ1v) is 6.50. The quantitative estimate of drug-likeness (QED) is 0.776. The molecule has 1 unspecified atom stereocenters. The molecule has 0 N–H and O–H groups in total. The normalized spacial score (nSPS) is 11.6. The Bertz CT molecular complexity index is 304. The summed E-state index contributed by atoms with van der Waals surface area (Å²) in [7, 11) is 0. The minimum atomic E-state index is -0.0822. The molecule has 0 aliphatic carbocycles. The molecule has 0 aromatic heterocycles. The third kappa shape index (κ3) is 4.70. The van der Waals surface area contributed by atoms with Crippen molar-refractivity contribution in [1.29, 1.82) is 0 Å². The van der Waals surface area contributed by atoms with E-state index in [0.29, 0.717) is 0 Å². The lowest BCUT2D eigenvalue weighted by molar-refractivity contribution is -0.122. The Balaban J connectivity index is 0.00000121. The van der Waals surface area contributed by atoms with Gasteiger partial charge in [-0.2, -0.15) is 0 Å². The van der Waals surface area contributed by atoms with Gasteiger partial charge in [-0.25, -0.2) is 0 Å². The van der Waals surface area contributed by atoms with Gasteiger partial charge >= 0.3 is 0 Å². The van der Waals surface area contributed by atoms with E-state index in [9.17, 15) is 4.79 Å². The topological polar surface area (TPSA) is 20.3 Å². The molecule has 1 atom stereocenters. The van der Waals surface area contributed by atoms with Crippen molar-refractivity contribution in [2.75, 3.05) is 13.1 Å². The number of benzene rings is 1. The van der Waals surface area contributed by atoms with Crippen LogP contribution in [0.2, 0.25) is 0 Å². The molecule has 0 saturated carbocycles. The van der Waals surface area contributed by atoms with E-state index in [2.05, 4.69) is 18.7 Å². The van der Waals surface area contributed by atoms with E-state index in [4.69, 9.17) is 0 Å². The van der Waals surface area contributed by atoms with E-state index < -0.39 is 0 Å². The summed E-state index contributed by atoms with van der Waals surface area (Å²) < 4.78 is 0. The van der Waals surface area contributed by atoms with Crippen LogP contribution in [0.5, 0.6) is 0 Å². The Hall–Kier alpha value is -1.15. The molecule has 96 valence electrons. The molecule has 0 heterocycles. The van der Waals surface area contributed by atoms with Gasteiger partial charge in [-0.05, 0) is 25.6 Å². The summed E-state index contributed by atoms with van der Waals surface area (Å²) >= 11 is 0. The zero-order chi connectivity index (χ0) is 13.3. The van der Waals surface area contributed by atoms with Gasteiger partial charge < -0.3 is 0 Å². The number of rotatable bonds is 5. The van der Waals surface area contributed by atoms with Crippen molar-refractivity contribution in [2.24, 2.45) is 0 Å². The standard InChI is InChI=1S/C13H19NO.C2H6/c1-4-14(5-2)13(11(3)15)12-9-7-6-8-10-12;1-2/h6-10,13H,4-5H2,1-3H3;1-2H3. The van der Waals surface area contributed by atoms with Gasteiger partial charge in [0, 0.05) is 0 Å². The highest BCUT2D eigenvalue weighted by Crippen LogP contribution is 2.20. The Kier molecular flexibility index (Phi) is 8.34. The Morgan fingerprint density at radius 1 is 1.12 bits per heavy atom. The average molecular weight is 235 g/mol. The number of hydrogen-bond acceptors (Lipinski definition) is 2. The summed E-state index contributed by atoms with van der Waals surface area (Å²) in [6.45, 7) is 11.6. The van der Waals surface area contributed by atoms with Crippen LogP contribution in [0.4, 0.5) is 0 Å². The van der Waals surface area contributed by atoms with E-state index in [0.717, 1.165) is 18.7 Å². The molecule has 0 aliphatic rings. The van der Waals surface area contributed by atoms with Crippen molar-refractivity contribution in [3.8, 4) is 0 Å². The average Bonchev–Trinajstić information content (AvgIpc) is 2.38. The predicted molar refractivity (Wildman–Crippen MR) is 74.1 cm³/mol. The molecule has 0 amide bonds. The van der Waals surface area contributed by atoms with E-state index in [1.165, 1.54) is 0 Å². The molecule has 2 nitrogen and oxygen atoms in total. The first kappa shape index (κ1) is 15.9. The fourth-order valence-electron chi connectivity index (χ4n) is 1.93. The van der Waals surface area contributed by atoms with Crippen LogP contribution in [0.3, 0.4) is 0 Å². The summed E-state index contributed by atoms with van der Waals surface area (Å²) in [6, 6.07) is 9.89. The lowest BCUT2D eigenvalue weighted by atomic mass is 10.0. The van der Waals surface area contributed by atoms with Gasteiger partial charge in [-0.3, -0.25) is 9.69 Å². The molecule has 1 rings (SSSR count). The van der Waals surface area contributed by atoms with Gasteiger partial charge in [0.15, 0.2) is 5.78 Å². The molecule has 0 aliphatic heterocycles. The van der Waals surface area contributed by atoms with E-state index >= 15 is 0 Å². The fraction of sp³-hybridized carbons (Fsp3) is 0.533. The summed E-state index contributed by atoms with van der Waals surface area (Å²) in [5.41, 5.74) is 1.09. The molecule has 1 aromatic rings. The maximum absolute atomic E-state index is 11.7. The van der Waals surface area contributed by atoms with Crippen LogP contribution in [-0.2, 0) is 4.79 Å². The number of carbonyl (C=O) groups is 1. The molecule has 0 saturated heterocycles. The van der Waals surface area contributed by atoms with Crippen LogP contribution in [-0.4, -0.2) is 23.8 Å². The minimum Gasteiger partial charge on any atom is -0.298 e. The maximum atomic E-state index is 11.7. The molecule has 0 fully saturated rings. The second kappa shape index (κ2) is 8.94. The summed E-state index contributed by atoms with van der Waals surface area (Å²) in [5.74, 6) is 0.213. The van der Waals surface area contributed by atoms with Gasteiger partial charge in [-0.1, -0.05) is 58.0 Å². The Labute approximate surface area is 106 Å². The molecule has 1 aromatic carbocycles. The third-order valence-electron chi connectivity index (χ3n) is 2.68. The highest BCUT2D eigenvalue weighted by molar-refractivity contribution is 5.82. The van der Waals surface area contributed by atoms with Crippen LogP contribution < -0.4 is 0 Å². The van der Waals surface area contributed by atoms with Gasteiger partial charge in [0.25, 0.3) is 0 Å². The minimum absolute atomic E-state index is 0.0822. The number of nitrogens with zero attached hydrogens (tertiary/aromatic N) is 1. The van der Waals surface area contributed by atoms with Crippen molar-refractivity contribution in [1.82, 2.24) is 4.90 Å². The van der Waals surface area contributed by atoms with Crippen LogP contribution in [0.25, 0.3) is 0 Å². The molecule has 0 radical (unpaired) electrons. The smallest absolute Gasteiger partial charge is 0.151 e. The highest BCUT2D eigenvalue weighted by Gasteiger charge is 2.21. The van der Waals surface area contributed by atoms with Crippen molar-refractivity contribution in [2.45, 2.75) is 40.7 Å². The number of hydrogen-bond donors (Lipinski definition) is 0. The summed E-state index contributed by atoms with van der Waals surface area (Å²) in [5, 5.41) is 0. The highest BCUT2D eigenvalue weighted by atomic mass is 16.1. The number of ketones is 1. The van der Waals surface area contributed by atoms with Crippen LogP contribution in [0.15, 0.2) is 30.3 Å². The van der Waals surface area contributed by atoms with Gasteiger partial charge in [0.05, 0.1) is 6.04 Å². The molecule has 0 spiro atoms. The monoisotopic (exact) mass is 235 g/mol. The van der Waals surface area contributed by atoms with E-state index in [1.807, 2.05) is 44.2 Å². The zero-order valence-electron chi connectivity index (χ0n) is 11.7. The lowest BCUT2D eigenvalue weighted by Gasteiger charge is -2.27. The zero-order valence-corrected chi connectivity index (χ0v) is 11.7. The van der Waals surface area contributed by atoms with Crippen LogP contribution >= 0.6 is 0 Å². The SMILES string of the molecule is CC.CCN(CC)C(C(C)=O)c1ccccc1. The largest absolute Gasteiger partial charge is 0.298 e. The molecular formula is C15H25NO. The predicted octanol–water partition coefficient (Wildman–Crippen LogP) is 3.68. The molecule has 2 heteroatoms. The summed E-state index contributed by atoms with van der Waals surface area (Å²) in [4.78, 5) is 13.8. The van der Waals surface area contributed by atoms with Crippen molar-refractivity contribution in [3.63, 3.8) is 0 Å². The second-order valence-electron chi connectivity index (χ2n) is 3.65. The van der Waals surface area contributed by atoms with Crippen molar-refractivity contribution >= 4 is 5.78 Å². The van der Waals surface area contributed by atoms with Gasteiger partial charge in [0.1, 0.15) is 0 Å². The van der Waals surface area contributed by atoms with Crippen molar-refractivity contribution < 1.29 is 4.79 Å². The van der Waals surface area contributed by atoms with Crippen LogP contribution in [0.1, 0.15) is 46.2 Å². The van der Waals surface area contributed by atoms with Crippen LogP contribution in [0, 0.1) is 0 Å². The van der Waals surface area contributed by atoms with Gasteiger partial charge in [0.2, 0.25) is 0 Å². The molecule has 0 bridgehead atoms. The third-order valence-corrected chi connectivity index (χ3v) is 2.68. The van der Waals surface area contributed by atoms with Crippen molar-refractivity contribution in [3.05, 3.63) is 35.9 Å². The first-order chi connectivity index (χ1) is 8.20. The number of carbonyl (C=O) groups excluding carboxylic acids is 1. The first-order valence-electron chi connectivity index (χ1n) is 6.50. The molecular weight excluding hydrogens is 210 g/mol. The number of Topliss-reactive ketones (excluding diaryl/α,β-unsaturated/α-hetero) is 1. The Morgan fingerprint density at radius 3 is 1.94 bits per heavy atom. The second-order valence-corrected chi connectivity index (χ2v) is 3.65. The lowest BCUT2D eigenvalue weighted by Crippen LogP contribution is -2.32. The fourth-order valence-corrected chi connectivity index (χ4v) is 1.93. The number of likely N-dealkylation sites (N-methyl/N-ethyl adjacent to an activating group) is 1.